The van der Waals surface area contributed by atoms with Crippen LogP contribution in [0.3, 0.4) is 0 Å². The molecule has 5 nitrogen and oxygen atoms in total. The quantitative estimate of drug-likeness (QED) is 0.624. The molecular weight excluding hydrogens is 327 g/mol. The van der Waals surface area contributed by atoms with E-state index in [0.29, 0.717) is 5.56 Å². The van der Waals surface area contributed by atoms with Crippen molar-refractivity contribution in [1.29, 1.82) is 0 Å². The van der Waals surface area contributed by atoms with Crippen molar-refractivity contribution < 1.29 is 23.6 Å². The van der Waals surface area contributed by atoms with Gasteiger partial charge in [0.2, 0.25) is 0 Å². The summed E-state index contributed by atoms with van der Waals surface area (Å²) < 4.78 is 21.1. The second-order valence-corrected chi connectivity index (χ2v) is 6.77. The lowest BCUT2D eigenvalue weighted by Crippen LogP contribution is -1.93. The topological polar surface area (TPSA) is 76.0 Å². The van der Waals surface area contributed by atoms with Crippen LogP contribution in [0.2, 0.25) is 0 Å². The highest BCUT2D eigenvalue weighted by atomic mass is 31.2. The number of aryl methyl sites for hydroxylation is 2. The van der Waals surface area contributed by atoms with Crippen LogP contribution in [-0.2, 0) is 4.57 Å². The Morgan fingerprint density at radius 1 is 0.917 bits per heavy atom. The Morgan fingerprint density at radius 3 is 2.17 bits per heavy atom. The molecule has 0 radical (unpaired) electrons. The lowest BCUT2D eigenvalue weighted by molar-refractivity contribution is 0.282. The predicted molar refractivity (Wildman–Crippen MR) is 95.2 cm³/mol. The van der Waals surface area contributed by atoms with Crippen LogP contribution >= 0.6 is 7.82 Å². The van der Waals surface area contributed by atoms with Crippen molar-refractivity contribution in [3.05, 3.63) is 58.1 Å². The Labute approximate surface area is 141 Å². The van der Waals surface area contributed by atoms with Crippen molar-refractivity contribution in [2.75, 3.05) is 7.11 Å². The zero-order valence-electron chi connectivity index (χ0n) is 14.1. The van der Waals surface area contributed by atoms with Crippen LogP contribution in [0, 0.1) is 20.8 Å². The van der Waals surface area contributed by atoms with Gasteiger partial charge in [0.25, 0.3) is 0 Å². The number of phosphoric ester groups is 1. The van der Waals surface area contributed by atoms with Crippen molar-refractivity contribution in [3.63, 3.8) is 0 Å². The Hall–Kier alpha value is -2.07. The summed E-state index contributed by atoms with van der Waals surface area (Å²) in [7, 11) is -2.93. The molecule has 0 amide bonds. The maximum absolute atomic E-state index is 11.0. The van der Waals surface area contributed by atoms with Crippen LogP contribution < -0.4 is 9.26 Å². The molecule has 0 aliphatic rings. The predicted octanol–water partition coefficient (Wildman–Crippen LogP) is 4.26. The minimum absolute atomic E-state index is 0.170. The summed E-state index contributed by atoms with van der Waals surface area (Å²) in [5.74, 6) is 0.993. The second-order valence-electron chi connectivity index (χ2n) is 5.61. The number of ether oxygens (including phenoxy) is 1. The minimum Gasteiger partial charge on any atom is -0.496 e. The molecule has 0 saturated heterocycles. The van der Waals surface area contributed by atoms with Gasteiger partial charge in [0.05, 0.1) is 7.11 Å². The lowest BCUT2D eigenvalue weighted by Gasteiger charge is -2.10. The van der Waals surface area contributed by atoms with E-state index in [9.17, 15) is 4.57 Å². The van der Waals surface area contributed by atoms with Gasteiger partial charge in [0, 0.05) is 0 Å². The van der Waals surface area contributed by atoms with Crippen molar-refractivity contribution in [2.24, 2.45) is 0 Å². The van der Waals surface area contributed by atoms with E-state index < -0.39 is 7.82 Å². The number of hydrogen-bond acceptors (Lipinski definition) is 3. The number of phosphoric acid groups is 1. The molecule has 2 aromatic rings. The van der Waals surface area contributed by atoms with Gasteiger partial charge >= 0.3 is 7.82 Å². The van der Waals surface area contributed by atoms with Gasteiger partial charge in [0.1, 0.15) is 11.5 Å². The third-order valence-electron chi connectivity index (χ3n) is 3.76. The Balaban J connectivity index is 2.31. The van der Waals surface area contributed by atoms with E-state index in [1.807, 2.05) is 38.1 Å². The molecule has 2 aromatic carbocycles. The molecule has 0 aliphatic carbocycles. The fraction of sp³-hybridized carbons (Fsp3) is 0.222. The highest BCUT2D eigenvalue weighted by Crippen LogP contribution is 2.39. The van der Waals surface area contributed by atoms with Crippen LogP contribution in [0.5, 0.6) is 11.5 Å². The van der Waals surface area contributed by atoms with Crippen LogP contribution in [0.4, 0.5) is 0 Å². The number of rotatable bonds is 5. The van der Waals surface area contributed by atoms with Gasteiger partial charge in [0.15, 0.2) is 0 Å². The standard InChI is InChI=1S/C18H21O5P/c1-12-5-6-15(10-17(12)23-24(19,20)21)7-8-16-9-13(2)14(3)18(11-16)22-4/h5-11H,1-4H3,(H2,19,20,21)/b8-7-. The maximum Gasteiger partial charge on any atom is 0.524 e. The molecular formula is C18H21O5P. The molecule has 24 heavy (non-hydrogen) atoms. The monoisotopic (exact) mass is 348 g/mol. The SMILES string of the molecule is COc1cc(/C=C\c2ccc(C)c(OP(=O)(O)O)c2)cc(C)c1C. The Kier molecular flexibility index (Phi) is 5.50. The first-order chi connectivity index (χ1) is 11.2. The highest BCUT2D eigenvalue weighted by Gasteiger charge is 2.17. The molecule has 0 heterocycles. The van der Waals surface area contributed by atoms with Gasteiger partial charge < -0.3 is 9.26 Å². The molecule has 0 aromatic heterocycles. The van der Waals surface area contributed by atoms with Crippen molar-refractivity contribution >= 4 is 20.0 Å². The molecule has 0 fully saturated rings. The summed E-state index contributed by atoms with van der Waals surface area (Å²) in [6, 6.07) is 9.21. The lowest BCUT2D eigenvalue weighted by atomic mass is 10.0. The maximum atomic E-state index is 11.0. The molecule has 0 unspecified atom stereocenters. The van der Waals surface area contributed by atoms with E-state index in [2.05, 4.69) is 6.07 Å². The van der Waals surface area contributed by atoms with Gasteiger partial charge in [-0.15, -0.1) is 0 Å². The molecule has 0 saturated carbocycles. The molecule has 0 atom stereocenters. The minimum atomic E-state index is -4.57. The van der Waals surface area contributed by atoms with Crippen LogP contribution in [-0.4, -0.2) is 16.9 Å². The molecule has 0 aliphatic heterocycles. The van der Waals surface area contributed by atoms with E-state index in [1.165, 1.54) is 0 Å². The molecule has 2 rings (SSSR count). The largest absolute Gasteiger partial charge is 0.524 e. The average Bonchev–Trinajstić information content (AvgIpc) is 2.49. The van der Waals surface area contributed by atoms with E-state index in [-0.39, 0.29) is 5.75 Å². The molecule has 0 bridgehead atoms. The molecule has 6 heteroatoms. The number of methoxy groups -OCH3 is 1. The van der Waals surface area contributed by atoms with Crippen LogP contribution in [0.25, 0.3) is 12.2 Å². The van der Waals surface area contributed by atoms with Gasteiger partial charge in [-0.3, -0.25) is 9.79 Å². The first-order valence-electron chi connectivity index (χ1n) is 7.39. The first kappa shape index (κ1) is 18.3. The smallest absolute Gasteiger partial charge is 0.496 e. The summed E-state index contributed by atoms with van der Waals surface area (Å²) in [5.41, 5.74) is 4.64. The normalized spacial score (nSPS) is 11.8. The summed E-state index contributed by atoms with van der Waals surface area (Å²) >= 11 is 0. The van der Waals surface area contributed by atoms with Crippen molar-refractivity contribution in [1.82, 2.24) is 0 Å². The number of benzene rings is 2. The fourth-order valence-corrected chi connectivity index (χ4v) is 2.75. The van der Waals surface area contributed by atoms with E-state index in [4.69, 9.17) is 19.0 Å². The third-order valence-corrected chi connectivity index (χ3v) is 4.19. The molecule has 0 spiro atoms. The highest BCUT2D eigenvalue weighted by molar-refractivity contribution is 7.46. The van der Waals surface area contributed by atoms with Gasteiger partial charge in [-0.05, 0) is 60.7 Å². The zero-order chi connectivity index (χ0) is 17.9. The van der Waals surface area contributed by atoms with Crippen molar-refractivity contribution in [2.45, 2.75) is 20.8 Å². The van der Waals surface area contributed by atoms with Crippen LogP contribution in [0.1, 0.15) is 27.8 Å². The van der Waals surface area contributed by atoms with Gasteiger partial charge in [-0.2, -0.15) is 0 Å². The first-order valence-corrected chi connectivity index (χ1v) is 8.92. The third kappa shape index (κ3) is 4.71. The summed E-state index contributed by atoms with van der Waals surface area (Å²) in [6.07, 6.45) is 3.77. The summed E-state index contributed by atoms with van der Waals surface area (Å²) in [4.78, 5) is 17.9. The molecule has 2 N–H and O–H groups in total. The average molecular weight is 348 g/mol. The second kappa shape index (κ2) is 7.22. The van der Waals surface area contributed by atoms with Crippen LogP contribution in [0.15, 0.2) is 30.3 Å². The van der Waals surface area contributed by atoms with E-state index in [0.717, 1.165) is 28.0 Å². The van der Waals surface area contributed by atoms with Gasteiger partial charge in [-0.25, -0.2) is 4.57 Å². The Morgan fingerprint density at radius 2 is 1.54 bits per heavy atom. The number of hydrogen-bond donors (Lipinski definition) is 2. The van der Waals surface area contributed by atoms with E-state index in [1.54, 1.807) is 26.2 Å². The Bertz CT molecular complexity index is 820. The van der Waals surface area contributed by atoms with E-state index >= 15 is 0 Å². The zero-order valence-corrected chi connectivity index (χ0v) is 15.0. The van der Waals surface area contributed by atoms with Crippen molar-refractivity contribution in [3.8, 4) is 11.5 Å². The summed E-state index contributed by atoms with van der Waals surface area (Å²) in [5, 5.41) is 0. The van der Waals surface area contributed by atoms with Gasteiger partial charge in [-0.1, -0.05) is 30.4 Å². The summed E-state index contributed by atoms with van der Waals surface area (Å²) in [6.45, 7) is 5.76. The fourth-order valence-electron chi connectivity index (χ4n) is 2.30. The molecule has 128 valence electrons.